The number of rotatable bonds is 2. The van der Waals surface area contributed by atoms with Crippen molar-refractivity contribution in [3.05, 3.63) is 35.4 Å². The van der Waals surface area contributed by atoms with Crippen LogP contribution in [0.15, 0.2) is 24.3 Å². The van der Waals surface area contributed by atoms with Crippen molar-refractivity contribution in [2.75, 3.05) is 13.1 Å². The Bertz CT molecular complexity index is 403. The predicted molar refractivity (Wildman–Crippen MR) is 71.5 cm³/mol. The molecule has 0 aliphatic carbocycles. The van der Waals surface area contributed by atoms with E-state index in [1.54, 1.807) is 0 Å². The van der Waals surface area contributed by atoms with E-state index in [0.29, 0.717) is 19.5 Å². The molecule has 2 atom stereocenters. The minimum absolute atomic E-state index is 0.135. The average molecular weight is 247 g/mol. The summed E-state index contributed by atoms with van der Waals surface area (Å²) in [7, 11) is 0. The van der Waals surface area contributed by atoms with Crippen molar-refractivity contribution in [1.29, 1.82) is 0 Å². The van der Waals surface area contributed by atoms with Crippen LogP contribution in [0, 0.1) is 6.92 Å². The van der Waals surface area contributed by atoms with Gasteiger partial charge in [0.25, 0.3) is 0 Å². The molecule has 1 aliphatic heterocycles. The zero-order chi connectivity index (χ0) is 13.1. The van der Waals surface area contributed by atoms with Crippen LogP contribution in [0.1, 0.15) is 25.0 Å². The normalized spacial score (nSPS) is 24.1. The SMILES string of the molecule is Cc1ccc(CC(=O)N2C[C@@H](C)O[C@@H](C)C2)cc1. The molecule has 0 spiro atoms. The van der Waals surface area contributed by atoms with Crippen LogP contribution < -0.4 is 0 Å². The fourth-order valence-corrected chi connectivity index (χ4v) is 2.37. The first-order valence-electron chi connectivity index (χ1n) is 6.53. The lowest BCUT2D eigenvalue weighted by atomic mass is 10.1. The van der Waals surface area contributed by atoms with Crippen LogP contribution in [-0.2, 0) is 16.0 Å². The van der Waals surface area contributed by atoms with E-state index in [1.165, 1.54) is 5.56 Å². The molecule has 0 N–H and O–H groups in total. The van der Waals surface area contributed by atoms with Crippen molar-refractivity contribution >= 4 is 5.91 Å². The number of ether oxygens (including phenoxy) is 1. The van der Waals surface area contributed by atoms with Crippen LogP contribution in [0.25, 0.3) is 0 Å². The second kappa shape index (κ2) is 5.53. The maximum atomic E-state index is 12.2. The maximum Gasteiger partial charge on any atom is 0.227 e. The maximum absolute atomic E-state index is 12.2. The molecular formula is C15H21NO2. The molecule has 1 aromatic rings. The smallest absolute Gasteiger partial charge is 0.227 e. The highest BCUT2D eigenvalue weighted by molar-refractivity contribution is 5.79. The van der Waals surface area contributed by atoms with E-state index in [9.17, 15) is 4.79 Å². The highest BCUT2D eigenvalue weighted by atomic mass is 16.5. The van der Waals surface area contributed by atoms with Gasteiger partial charge in [-0.1, -0.05) is 29.8 Å². The van der Waals surface area contributed by atoms with E-state index in [1.807, 2.05) is 43.0 Å². The summed E-state index contributed by atoms with van der Waals surface area (Å²) in [6.07, 6.45) is 0.756. The van der Waals surface area contributed by atoms with Gasteiger partial charge in [0.05, 0.1) is 18.6 Å². The van der Waals surface area contributed by atoms with Gasteiger partial charge < -0.3 is 9.64 Å². The lowest BCUT2D eigenvalue weighted by Gasteiger charge is -2.35. The number of carbonyl (C=O) groups is 1. The molecule has 1 aromatic carbocycles. The molecule has 3 nitrogen and oxygen atoms in total. The number of aryl methyl sites for hydroxylation is 1. The lowest BCUT2D eigenvalue weighted by Crippen LogP contribution is -2.48. The summed E-state index contributed by atoms with van der Waals surface area (Å²) in [4.78, 5) is 14.1. The summed E-state index contributed by atoms with van der Waals surface area (Å²) in [5.41, 5.74) is 2.30. The molecule has 0 radical (unpaired) electrons. The van der Waals surface area contributed by atoms with Gasteiger partial charge in [0.15, 0.2) is 0 Å². The summed E-state index contributed by atoms with van der Waals surface area (Å²) >= 11 is 0. The summed E-state index contributed by atoms with van der Waals surface area (Å²) in [6.45, 7) is 7.49. The van der Waals surface area contributed by atoms with Crippen molar-refractivity contribution in [3.8, 4) is 0 Å². The van der Waals surface area contributed by atoms with Crippen LogP contribution in [0.2, 0.25) is 0 Å². The number of benzene rings is 1. The molecule has 1 heterocycles. The van der Waals surface area contributed by atoms with Gasteiger partial charge in [0.2, 0.25) is 5.91 Å². The number of amides is 1. The summed E-state index contributed by atoms with van der Waals surface area (Å²) < 4.78 is 5.64. The first-order chi connectivity index (χ1) is 8.54. The molecule has 1 aliphatic rings. The minimum atomic E-state index is 0.135. The molecule has 3 heteroatoms. The van der Waals surface area contributed by atoms with E-state index in [-0.39, 0.29) is 18.1 Å². The Hall–Kier alpha value is -1.35. The second-order valence-corrected chi connectivity index (χ2v) is 5.22. The zero-order valence-electron chi connectivity index (χ0n) is 11.3. The van der Waals surface area contributed by atoms with Crippen molar-refractivity contribution < 1.29 is 9.53 Å². The molecule has 1 fully saturated rings. The molecule has 98 valence electrons. The Morgan fingerprint density at radius 3 is 2.33 bits per heavy atom. The van der Waals surface area contributed by atoms with E-state index in [0.717, 1.165) is 5.56 Å². The Balaban J connectivity index is 1.97. The Morgan fingerprint density at radius 1 is 1.22 bits per heavy atom. The van der Waals surface area contributed by atoms with E-state index >= 15 is 0 Å². The molecule has 1 saturated heterocycles. The van der Waals surface area contributed by atoms with Crippen LogP contribution in [0.5, 0.6) is 0 Å². The van der Waals surface area contributed by atoms with Crippen molar-refractivity contribution in [2.24, 2.45) is 0 Å². The van der Waals surface area contributed by atoms with Gasteiger partial charge in [-0.25, -0.2) is 0 Å². The third kappa shape index (κ3) is 3.33. The predicted octanol–water partition coefficient (Wildman–Crippen LogP) is 2.17. The quantitative estimate of drug-likeness (QED) is 0.801. The molecule has 0 aromatic heterocycles. The third-order valence-electron chi connectivity index (χ3n) is 3.25. The number of hydrogen-bond acceptors (Lipinski definition) is 2. The highest BCUT2D eigenvalue weighted by Gasteiger charge is 2.25. The van der Waals surface area contributed by atoms with Crippen molar-refractivity contribution in [3.63, 3.8) is 0 Å². The standard InChI is InChI=1S/C15H21NO2/c1-11-4-6-14(7-5-11)8-15(17)16-9-12(2)18-13(3)10-16/h4-7,12-13H,8-10H2,1-3H3/t12-,13+. The van der Waals surface area contributed by atoms with Gasteiger partial charge in [-0.3, -0.25) is 4.79 Å². The minimum Gasteiger partial charge on any atom is -0.372 e. The Morgan fingerprint density at radius 2 is 1.78 bits per heavy atom. The molecule has 18 heavy (non-hydrogen) atoms. The Labute approximate surface area is 109 Å². The topological polar surface area (TPSA) is 29.5 Å². The van der Waals surface area contributed by atoms with Crippen LogP contribution in [-0.4, -0.2) is 36.1 Å². The summed E-state index contributed by atoms with van der Waals surface area (Å²) in [5, 5.41) is 0. The third-order valence-corrected chi connectivity index (χ3v) is 3.25. The summed E-state index contributed by atoms with van der Waals surface area (Å²) in [6, 6.07) is 8.15. The molecule has 0 saturated carbocycles. The fraction of sp³-hybridized carbons (Fsp3) is 0.533. The van der Waals surface area contributed by atoms with Crippen LogP contribution in [0.3, 0.4) is 0 Å². The largest absolute Gasteiger partial charge is 0.372 e. The van der Waals surface area contributed by atoms with Gasteiger partial charge in [-0.05, 0) is 26.3 Å². The van der Waals surface area contributed by atoms with Gasteiger partial charge in [-0.2, -0.15) is 0 Å². The molecule has 0 unspecified atom stereocenters. The fourth-order valence-electron chi connectivity index (χ4n) is 2.37. The number of morpholine rings is 1. The molecule has 1 amide bonds. The molecule has 0 bridgehead atoms. The molecular weight excluding hydrogens is 226 g/mol. The van der Waals surface area contributed by atoms with Gasteiger partial charge in [0.1, 0.15) is 0 Å². The number of carbonyl (C=O) groups excluding carboxylic acids is 1. The van der Waals surface area contributed by atoms with Gasteiger partial charge in [-0.15, -0.1) is 0 Å². The Kier molecular flexibility index (Phi) is 4.02. The van der Waals surface area contributed by atoms with E-state index < -0.39 is 0 Å². The first kappa shape index (κ1) is 13.1. The second-order valence-electron chi connectivity index (χ2n) is 5.22. The van der Waals surface area contributed by atoms with Crippen LogP contribution >= 0.6 is 0 Å². The van der Waals surface area contributed by atoms with Gasteiger partial charge in [0, 0.05) is 13.1 Å². The van der Waals surface area contributed by atoms with Crippen molar-refractivity contribution in [1.82, 2.24) is 4.90 Å². The van der Waals surface area contributed by atoms with Crippen LogP contribution in [0.4, 0.5) is 0 Å². The average Bonchev–Trinajstić information content (AvgIpc) is 2.31. The first-order valence-corrected chi connectivity index (χ1v) is 6.53. The van der Waals surface area contributed by atoms with Gasteiger partial charge >= 0.3 is 0 Å². The van der Waals surface area contributed by atoms with E-state index in [2.05, 4.69) is 6.92 Å². The highest BCUT2D eigenvalue weighted by Crippen LogP contribution is 2.13. The summed E-state index contributed by atoms with van der Waals surface area (Å²) in [5.74, 6) is 0.195. The van der Waals surface area contributed by atoms with E-state index in [4.69, 9.17) is 4.74 Å². The number of nitrogens with zero attached hydrogens (tertiary/aromatic N) is 1. The monoisotopic (exact) mass is 247 g/mol. The van der Waals surface area contributed by atoms with Crippen molar-refractivity contribution in [2.45, 2.75) is 39.4 Å². The lowest BCUT2D eigenvalue weighted by molar-refractivity contribution is -0.142. The number of hydrogen-bond donors (Lipinski definition) is 0. The molecule has 2 rings (SSSR count). The zero-order valence-corrected chi connectivity index (χ0v) is 11.3.